The molecule has 0 amide bonds. The topological polar surface area (TPSA) is 51.8 Å². The molecule has 1 unspecified atom stereocenters. The maximum atomic E-state index is 6.09. The van der Waals surface area contributed by atoms with E-state index in [1.54, 1.807) is 6.33 Å². The summed E-state index contributed by atoms with van der Waals surface area (Å²) in [5.74, 6) is 0. The van der Waals surface area contributed by atoms with Crippen LogP contribution < -0.4 is 5.73 Å². The second-order valence-corrected chi connectivity index (χ2v) is 3.47. The third kappa shape index (κ3) is 2.19. The Bertz CT molecular complexity index is 440. The van der Waals surface area contributed by atoms with E-state index in [0.717, 1.165) is 17.0 Å². The molecule has 0 aliphatic carbocycles. The molecule has 1 atom stereocenters. The zero-order valence-electron chi connectivity index (χ0n) is 8.59. The smallest absolute Gasteiger partial charge is 0.116 e. The van der Waals surface area contributed by atoms with Crippen LogP contribution >= 0.6 is 0 Å². The quantitative estimate of drug-likeness (QED) is 0.802. The Kier molecular flexibility index (Phi) is 2.74. The zero-order chi connectivity index (χ0) is 10.7. The van der Waals surface area contributed by atoms with Crippen LogP contribution in [-0.2, 0) is 0 Å². The highest BCUT2D eigenvalue weighted by atomic mass is 14.9. The van der Waals surface area contributed by atoms with Gasteiger partial charge in [-0.15, -0.1) is 0 Å². The average Bonchev–Trinajstić information content (AvgIpc) is 2.29. The fourth-order valence-corrected chi connectivity index (χ4v) is 1.48. The molecule has 1 aromatic heterocycles. The number of nitrogens with two attached hydrogens (primary N) is 1. The standard InChI is InChI=1S/C12H13N3/c1-9-7-11(15-8-14-9)12(13)10-5-3-2-4-6-10/h2-8,12H,13H2,1H3. The van der Waals surface area contributed by atoms with Gasteiger partial charge < -0.3 is 5.73 Å². The average molecular weight is 199 g/mol. The Labute approximate surface area is 89.0 Å². The van der Waals surface area contributed by atoms with Crippen molar-refractivity contribution in [3.05, 3.63) is 59.7 Å². The molecule has 3 heteroatoms. The van der Waals surface area contributed by atoms with Gasteiger partial charge in [0.05, 0.1) is 11.7 Å². The molecule has 0 saturated carbocycles. The van der Waals surface area contributed by atoms with E-state index in [1.807, 2.05) is 43.3 Å². The van der Waals surface area contributed by atoms with E-state index in [1.165, 1.54) is 0 Å². The molecule has 1 heterocycles. The fraction of sp³-hybridized carbons (Fsp3) is 0.167. The first-order valence-corrected chi connectivity index (χ1v) is 4.86. The van der Waals surface area contributed by atoms with E-state index >= 15 is 0 Å². The van der Waals surface area contributed by atoms with Gasteiger partial charge in [0.2, 0.25) is 0 Å². The SMILES string of the molecule is Cc1cc(C(N)c2ccccc2)ncn1. The summed E-state index contributed by atoms with van der Waals surface area (Å²) in [5, 5.41) is 0. The van der Waals surface area contributed by atoms with Crippen LogP contribution in [0.25, 0.3) is 0 Å². The lowest BCUT2D eigenvalue weighted by Crippen LogP contribution is -2.13. The molecule has 0 spiro atoms. The summed E-state index contributed by atoms with van der Waals surface area (Å²) >= 11 is 0. The first-order chi connectivity index (χ1) is 7.27. The van der Waals surface area contributed by atoms with Gasteiger partial charge in [0.15, 0.2) is 0 Å². The molecule has 1 aromatic carbocycles. The van der Waals surface area contributed by atoms with Crippen molar-refractivity contribution < 1.29 is 0 Å². The lowest BCUT2D eigenvalue weighted by Gasteiger charge is -2.11. The number of nitrogens with zero attached hydrogens (tertiary/aromatic N) is 2. The molecule has 0 fully saturated rings. The largest absolute Gasteiger partial charge is 0.319 e. The minimum absolute atomic E-state index is 0.173. The van der Waals surface area contributed by atoms with E-state index in [2.05, 4.69) is 9.97 Å². The molecule has 2 rings (SSSR count). The second kappa shape index (κ2) is 4.19. The molecule has 3 nitrogen and oxygen atoms in total. The maximum Gasteiger partial charge on any atom is 0.116 e. The van der Waals surface area contributed by atoms with Gasteiger partial charge in [-0.3, -0.25) is 0 Å². The van der Waals surface area contributed by atoms with E-state index < -0.39 is 0 Å². The Morgan fingerprint density at radius 1 is 1.13 bits per heavy atom. The van der Waals surface area contributed by atoms with Gasteiger partial charge in [-0.25, -0.2) is 9.97 Å². The summed E-state index contributed by atoms with van der Waals surface area (Å²) in [6, 6.07) is 11.7. The van der Waals surface area contributed by atoms with Crippen molar-refractivity contribution in [3.8, 4) is 0 Å². The predicted octanol–water partition coefficient (Wildman–Crippen LogP) is 1.83. The third-order valence-corrected chi connectivity index (χ3v) is 2.30. The minimum atomic E-state index is -0.173. The summed E-state index contributed by atoms with van der Waals surface area (Å²) in [7, 11) is 0. The molecule has 0 bridgehead atoms. The number of rotatable bonds is 2. The summed E-state index contributed by atoms with van der Waals surface area (Å²) < 4.78 is 0. The van der Waals surface area contributed by atoms with Gasteiger partial charge in [-0.05, 0) is 18.6 Å². The Morgan fingerprint density at radius 3 is 2.53 bits per heavy atom. The molecule has 2 N–H and O–H groups in total. The maximum absolute atomic E-state index is 6.09. The van der Waals surface area contributed by atoms with Gasteiger partial charge in [0.1, 0.15) is 6.33 Å². The highest BCUT2D eigenvalue weighted by molar-refractivity contribution is 5.27. The zero-order valence-corrected chi connectivity index (χ0v) is 8.59. The van der Waals surface area contributed by atoms with E-state index in [-0.39, 0.29) is 6.04 Å². The number of aromatic nitrogens is 2. The molecule has 0 saturated heterocycles. The van der Waals surface area contributed by atoms with E-state index in [9.17, 15) is 0 Å². The van der Waals surface area contributed by atoms with Gasteiger partial charge in [0.25, 0.3) is 0 Å². The Hall–Kier alpha value is -1.74. The molecule has 15 heavy (non-hydrogen) atoms. The predicted molar refractivity (Wildman–Crippen MR) is 59.2 cm³/mol. The van der Waals surface area contributed by atoms with Crippen molar-refractivity contribution in [2.75, 3.05) is 0 Å². The highest BCUT2D eigenvalue weighted by Gasteiger charge is 2.09. The van der Waals surface area contributed by atoms with Crippen LogP contribution in [0.5, 0.6) is 0 Å². The van der Waals surface area contributed by atoms with Crippen LogP contribution in [0.1, 0.15) is 23.0 Å². The third-order valence-electron chi connectivity index (χ3n) is 2.30. The molecular formula is C12H13N3. The van der Waals surface area contributed by atoms with E-state index in [0.29, 0.717) is 0 Å². The van der Waals surface area contributed by atoms with Crippen molar-refractivity contribution in [2.45, 2.75) is 13.0 Å². The first kappa shape index (κ1) is 9.80. The van der Waals surface area contributed by atoms with Crippen molar-refractivity contribution in [2.24, 2.45) is 5.73 Å². The first-order valence-electron chi connectivity index (χ1n) is 4.86. The molecular weight excluding hydrogens is 186 g/mol. The fourth-order valence-electron chi connectivity index (χ4n) is 1.48. The molecule has 0 radical (unpaired) electrons. The van der Waals surface area contributed by atoms with Gasteiger partial charge in [-0.1, -0.05) is 30.3 Å². The van der Waals surface area contributed by atoms with Crippen LogP contribution in [0.2, 0.25) is 0 Å². The Morgan fingerprint density at radius 2 is 1.87 bits per heavy atom. The number of aryl methyl sites for hydroxylation is 1. The molecule has 0 aliphatic heterocycles. The summed E-state index contributed by atoms with van der Waals surface area (Å²) in [4.78, 5) is 8.23. The number of hydrogen-bond donors (Lipinski definition) is 1. The van der Waals surface area contributed by atoms with Crippen molar-refractivity contribution >= 4 is 0 Å². The second-order valence-electron chi connectivity index (χ2n) is 3.47. The molecule has 0 aliphatic rings. The van der Waals surface area contributed by atoms with Crippen LogP contribution in [0.3, 0.4) is 0 Å². The summed E-state index contributed by atoms with van der Waals surface area (Å²) in [6.45, 7) is 1.93. The van der Waals surface area contributed by atoms with Gasteiger partial charge in [-0.2, -0.15) is 0 Å². The lowest BCUT2D eigenvalue weighted by molar-refractivity contribution is 0.815. The number of hydrogen-bond acceptors (Lipinski definition) is 3. The summed E-state index contributed by atoms with van der Waals surface area (Å²) in [6.07, 6.45) is 1.55. The van der Waals surface area contributed by atoms with Gasteiger partial charge in [0, 0.05) is 5.69 Å². The van der Waals surface area contributed by atoms with Crippen molar-refractivity contribution in [3.63, 3.8) is 0 Å². The van der Waals surface area contributed by atoms with Crippen LogP contribution in [0.15, 0.2) is 42.7 Å². The van der Waals surface area contributed by atoms with Crippen LogP contribution in [-0.4, -0.2) is 9.97 Å². The summed E-state index contributed by atoms with van der Waals surface area (Å²) in [5.41, 5.74) is 8.95. The minimum Gasteiger partial charge on any atom is -0.319 e. The van der Waals surface area contributed by atoms with Crippen LogP contribution in [0, 0.1) is 6.92 Å². The van der Waals surface area contributed by atoms with Crippen LogP contribution in [0.4, 0.5) is 0 Å². The normalized spacial score (nSPS) is 12.4. The van der Waals surface area contributed by atoms with Crippen molar-refractivity contribution in [1.29, 1.82) is 0 Å². The lowest BCUT2D eigenvalue weighted by atomic mass is 10.0. The van der Waals surface area contributed by atoms with Crippen molar-refractivity contribution in [1.82, 2.24) is 9.97 Å². The monoisotopic (exact) mass is 199 g/mol. The number of benzene rings is 1. The highest BCUT2D eigenvalue weighted by Crippen LogP contribution is 2.16. The Balaban J connectivity index is 2.32. The van der Waals surface area contributed by atoms with E-state index in [4.69, 9.17) is 5.73 Å². The van der Waals surface area contributed by atoms with Gasteiger partial charge >= 0.3 is 0 Å². The molecule has 2 aromatic rings. The molecule has 76 valence electrons.